The van der Waals surface area contributed by atoms with E-state index in [9.17, 15) is 5.11 Å². The van der Waals surface area contributed by atoms with E-state index in [4.69, 9.17) is 26.2 Å². The van der Waals surface area contributed by atoms with Crippen molar-refractivity contribution in [3.8, 4) is 5.75 Å². The Morgan fingerprint density at radius 1 is 1.00 bits per heavy atom. The molecule has 4 rings (SSSR count). The number of aliphatic hydroxyl groups is 2. The number of rotatable bonds is 6. The average Bonchev–Trinajstić information content (AvgIpc) is 2.83. The van der Waals surface area contributed by atoms with Crippen molar-refractivity contribution in [3.63, 3.8) is 0 Å². The summed E-state index contributed by atoms with van der Waals surface area (Å²) < 4.78 is 12.4. The molecule has 4 nitrogen and oxygen atoms in total. The molecular formula is C27H37ClO4. The Morgan fingerprint density at radius 3 is 2.41 bits per heavy atom. The van der Waals surface area contributed by atoms with Gasteiger partial charge in [-0.3, -0.25) is 0 Å². The van der Waals surface area contributed by atoms with Gasteiger partial charge < -0.3 is 19.7 Å². The zero-order valence-corrected chi connectivity index (χ0v) is 20.1. The molecule has 2 aromatic rings. The fourth-order valence-electron chi connectivity index (χ4n) is 4.68. The minimum Gasteiger partial charge on any atom is -0.490 e. The van der Waals surface area contributed by atoms with Gasteiger partial charge in [0.15, 0.2) is 0 Å². The van der Waals surface area contributed by atoms with Crippen molar-refractivity contribution in [2.24, 2.45) is 0 Å². The summed E-state index contributed by atoms with van der Waals surface area (Å²) in [5.41, 5.74) is 3.40. The fourth-order valence-corrected chi connectivity index (χ4v) is 4.86. The van der Waals surface area contributed by atoms with Crippen molar-refractivity contribution in [1.82, 2.24) is 0 Å². The van der Waals surface area contributed by atoms with Crippen molar-refractivity contribution in [1.29, 1.82) is 0 Å². The molecule has 32 heavy (non-hydrogen) atoms. The predicted molar refractivity (Wildman–Crippen MR) is 129 cm³/mol. The zero-order chi connectivity index (χ0) is 22.9. The van der Waals surface area contributed by atoms with Crippen LogP contribution >= 0.6 is 11.6 Å². The first-order chi connectivity index (χ1) is 15.6. The van der Waals surface area contributed by atoms with E-state index in [0.717, 1.165) is 48.3 Å². The lowest BCUT2D eigenvalue weighted by molar-refractivity contribution is -0.0983. The number of hydrogen-bond acceptors (Lipinski definition) is 4. The van der Waals surface area contributed by atoms with Crippen LogP contribution in [0.1, 0.15) is 81.1 Å². The van der Waals surface area contributed by atoms with Crippen molar-refractivity contribution < 1.29 is 19.7 Å². The highest BCUT2D eigenvalue weighted by Gasteiger charge is 2.28. The van der Waals surface area contributed by atoms with Gasteiger partial charge in [-0.25, -0.2) is 0 Å². The molecule has 0 radical (unpaired) electrons. The van der Waals surface area contributed by atoms with Crippen LogP contribution in [0.3, 0.4) is 0 Å². The highest BCUT2D eigenvalue weighted by molar-refractivity contribution is 6.31. The van der Waals surface area contributed by atoms with Gasteiger partial charge in [-0.05, 0) is 79.8 Å². The van der Waals surface area contributed by atoms with Crippen molar-refractivity contribution in [2.45, 2.75) is 89.1 Å². The van der Waals surface area contributed by atoms with Gasteiger partial charge in [-0.2, -0.15) is 0 Å². The number of aliphatic hydroxyl groups excluding tert-OH is 2. The predicted octanol–water partition coefficient (Wildman–Crippen LogP) is 6.24. The third-order valence-electron chi connectivity index (χ3n) is 6.45. The van der Waals surface area contributed by atoms with E-state index in [2.05, 4.69) is 37.3 Å². The molecule has 1 heterocycles. The SMILES string of the molecule is CC[C@@H]1C[C@H](O)C[C@H](c2ccc(Cl)c(Cc3ccc(OC4CCCCC4)cc3)c2)O1.CO. The quantitative estimate of drug-likeness (QED) is 0.535. The summed E-state index contributed by atoms with van der Waals surface area (Å²) in [5.74, 6) is 0.959. The first-order valence-electron chi connectivity index (χ1n) is 11.9. The lowest BCUT2D eigenvalue weighted by Gasteiger charge is -2.33. The molecule has 2 N–H and O–H groups in total. The van der Waals surface area contributed by atoms with Crippen LogP contribution in [0, 0.1) is 0 Å². The molecule has 2 aromatic carbocycles. The van der Waals surface area contributed by atoms with Crippen molar-refractivity contribution >= 4 is 11.6 Å². The zero-order valence-electron chi connectivity index (χ0n) is 19.3. The van der Waals surface area contributed by atoms with Crippen LogP contribution in [0.4, 0.5) is 0 Å². The first-order valence-corrected chi connectivity index (χ1v) is 12.3. The van der Waals surface area contributed by atoms with Gasteiger partial charge in [0, 0.05) is 18.6 Å². The van der Waals surface area contributed by atoms with Crippen LogP contribution < -0.4 is 4.74 Å². The van der Waals surface area contributed by atoms with E-state index >= 15 is 0 Å². The van der Waals surface area contributed by atoms with Gasteiger partial charge in [0.05, 0.1) is 24.4 Å². The van der Waals surface area contributed by atoms with E-state index in [1.165, 1.54) is 37.7 Å². The van der Waals surface area contributed by atoms with Crippen molar-refractivity contribution in [2.75, 3.05) is 7.11 Å². The fraction of sp³-hybridized carbons (Fsp3) is 0.556. The third kappa shape index (κ3) is 6.95. The van der Waals surface area contributed by atoms with Crippen LogP contribution in [-0.2, 0) is 11.2 Å². The molecule has 1 aliphatic carbocycles. The normalized spacial score (nSPS) is 23.8. The lowest BCUT2D eigenvalue weighted by atomic mass is 9.93. The molecule has 0 unspecified atom stereocenters. The summed E-state index contributed by atoms with van der Waals surface area (Å²) in [6.45, 7) is 2.11. The summed E-state index contributed by atoms with van der Waals surface area (Å²) in [6, 6.07) is 14.6. The minimum absolute atomic E-state index is 0.0685. The number of hydrogen-bond donors (Lipinski definition) is 2. The second-order valence-electron chi connectivity index (χ2n) is 8.83. The monoisotopic (exact) mass is 460 g/mol. The molecule has 2 aliphatic rings. The minimum atomic E-state index is -0.301. The Hall–Kier alpha value is -1.59. The van der Waals surface area contributed by atoms with Crippen LogP contribution in [0.2, 0.25) is 5.02 Å². The van der Waals surface area contributed by atoms with Gasteiger partial charge in [0.1, 0.15) is 5.75 Å². The molecule has 0 bridgehead atoms. The lowest BCUT2D eigenvalue weighted by Crippen LogP contribution is -2.30. The Kier molecular flexibility index (Phi) is 9.86. The van der Waals surface area contributed by atoms with Gasteiger partial charge in [0.25, 0.3) is 0 Å². The van der Waals surface area contributed by atoms with Crippen LogP contribution in [0.15, 0.2) is 42.5 Å². The first kappa shape index (κ1) is 25.0. The van der Waals surface area contributed by atoms with E-state index in [-0.39, 0.29) is 18.3 Å². The Bertz CT molecular complexity index is 817. The topological polar surface area (TPSA) is 58.9 Å². The second-order valence-corrected chi connectivity index (χ2v) is 9.24. The molecule has 1 aliphatic heterocycles. The maximum atomic E-state index is 10.2. The van der Waals surface area contributed by atoms with Gasteiger partial charge in [-0.1, -0.05) is 49.2 Å². The molecule has 0 aromatic heterocycles. The molecule has 176 valence electrons. The number of benzene rings is 2. The van der Waals surface area contributed by atoms with Crippen LogP contribution in [0.5, 0.6) is 5.75 Å². The second kappa shape index (κ2) is 12.6. The van der Waals surface area contributed by atoms with E-state index in [1.807, 2.05) is 12.1 Å². The number of halogens is 1. The summed E-state index contributed by atoms with van der Waals surface area (Å²) in [5, 5.41) is 18.0. The Morgan fingerprint density at radius 2 is 1.72 bits per heavy atom. The van der Waals surface area contributed by atoms with E-state index in [1.54, 1.807) is 0 Å². The van der Waals surface area contributed by atoms with E-state index in [0.29, 0.717) is 12.5 Å². The molecule has 2 fully saturated rings. The molecule has 5 heteroatoms. The Labute approximate surface area is 197 Å². The molecule has 0 spiro atoms. The van der Waals surface area contributed by atoms with Crippen LogP contribution in [0.25, 0.3) is 0 Å². The summed E-state index contributed by atoms with van der Waals surface area (Å²) in [7, 11) is 1.00. The molecular weight excluding hydrogens is 424 g/mol. The van der Waals surface area contributed by atoms with Gasteiger partial charge in [0.2, 0.25) is 0 Å². The van der Waals surface area contributed by atoms with Crippen LogP contribution in [-0.4, -0.2) is 35.6 Å². The summed E-state index contributed by atoms with van der Waals surface area (Å²) in [6.07, 6.45) is 9.40. The summed E-state index contributed by atoms with van der Waals surface area (Å²) in [4.78, 5) is 0. The molecule has 1 saturated heterocycles. The van der Waals surface area contributed by atoms with E-state index < -0.39 is 0 Å². The smallest absolute Gasteiger partial charge is 0.119 e. The standard InChI is InChI=1S/C26H33ClO3.CH4O/c1-2-22-16-21(28)17-26(30-22)19-10-13-25(27)20(15-19)14-18-8-11-24(12-9-18)29-23-6-4-3-5-7-23;1-2/h8-13,15,21-23,26,28H,2-7,14,16-17H2,1H3;2H,1H3/t21-,22+,26+;/m0./s1. The van der Waals surface area contributed by atoms with Gasteiger partial charge >= 0.3 is 0 Å². The molecule has 0 amide bonds. The summed E-state index contributed by atoms with van der Waals surface area (Å²) >= 11 is 6.51. The molecule has 1 saturated carbocycles. The van der Waals surface area contributed by atoms with Crippen molar-refractivity contribution in [3.05, 3.63) is 64.2 Å². The third-order valence-corrected chi connectivity index (χ3v) is 6.82. The maximum absolute atomic E-state index is 10.2. The average molecular weight is 461 g/mol. The molecule has 3 atom stereocenters. The highest BCUT2D eigenvalue weighted by atomic mass is 35.5. The largest absolute Gasteiger partial charge is 0.490 e. The maximum Gasteiger partial charge on any atom is 0.119 e. The van der Waals surface area contributed by atoms with Gasteiger partial charge in [-0.15, -0.1) is 0 Å². The highest BCUT2D eigenvalue weighted by Crippen LogP contribution is 2.34. The number of ether oxygens (including phenoxy) is 2. The Balaban J connectivity index is 0.00000141.